The Balaban J connectivity index is 2.38. The number of nitrogens with zero attached hydrogens (tertiary/aromatic N) is 2. The van der Waals surface area contributed by atoms with Crippen LogP contribution in [0.25, 0.3) is 5.69 Å². The SMILES string of the molecule is Cc1cn(-c2ccccc2F)c(SCC(=O)O)n1. The standard InChI is InChI=1S/C12H11FN2O2S/c1-8-6-15(10-5-3-2-4-9(10)13)12(14-8)18-7-11(16)17/h2-6H,7H2,1H3,(H,16,17). The van der Waals surface area contributed by atoms with Crippen LogP contribution in [-0.2, 0) is 4.79 Å². The highest BCUT2D eigenvalue weighted by atomic mass is 32.2. The lowest BCUT2D eigenvalue weighted by molar-refractivity contribution is -0.133. The Morgan fingerprint density at radius 1 is 1.50 bits per heavy atom. The summed E-state index contributed by atoms with van der Waals surface area (Å²) in [6.07, 6.45) is 1.68. The first-order valence-corrected chi connectivity index (χ1v) is 6.22. The molecule has 0 saturated heterocycles. The maximum Gasteiger partial charge on any atom is 0.313 e. The molecule has 4 nitrogen and oxygen atoms in total. The Hall–Kier alpha value is -1.82. The van der Waals surface area contributed by atoms with Crippen LogP contribution in [0, 0.1) is 12.7 Å². The van der Waals surface area contributed by atoms with Gasteiger partial charge < -0.3 is 5.11 Å². The monoisotopic (exact) mass is 266 g/mol. The van der Waals surface area contributed by atoms with Gasteiger partial charge in [-0.05, 0) is 19.1 Å². The lowest BCUT2D eigenvalue weighted by Crippen LogP contribution is -2.02. The van der Waals surface area contributed by atoms with Crippen LogP contribution >= 0.6 is 11.8 Å². The third-order valence-electron chi connectivity index (χ3n) is 2.23. The van der Waals surface area contributed by atoms with Crippen molar-refractivity contribution in [1.29, 1.82) is 0 Å². The minimum absolute atomic E-state index is 0.106. The Bertz CT molecular complexity index is 583. The second-order valence-corrected chi connectivity index (χ2v) is 4.61. The number of aromatic nitrogens is 2. The van der Waals surface area contributed by atoms with E-state index in [4.69, 9.17) is 5.11 Å². The Labute approximate surface area is 107 Å². The van der Waals surface area contributed by atoms with E-state index in [9.17, 15) is 9.18 Å². The Morgan fingerprint density at radius 2 is 2.22 bits per heavy atom. The molecule has 0 fully saturated rings. The number of imidazole rings is 1. The predicted octanol–water partition coefficient (Wildman–Crippen LogP) is 2.50. The molecule has 94 valence electrons. The molecule has 2 aromatic rings. The molecule has 0 spiro atoms. The van der Waals surface area contributed by atoms with Crippen LogP contribution < -0.4 is 0 Å². The maximum atomic E-state index is 13.7. The molecule has 6 heteroatoms. The van der Waals surface area contributed by atoms with Crippen LogP contribution in [0.15, 0.2) is 35.6 Å². The number of para-hydroxylation sites is 1. The topological polar surface area (TPSA) is 55.1 Å². The normalized spacial score (nSPS) is 10.6. The van der Waals surface area contributed by atoms with Gasteiger partial charge in [0, 0.05) is 6.20 Å². The van der Waals surface area contributed by atoms with Crippen molar-refractivity contribution >= 4 is 17.7 Å². The van der Waals surface area contributed by atoms with Crippen molar-refractivity contribution in [3.8, 4) is 5.69 Å². The fourth-order valence-electron chi connectivity index (χ4n) is 1.52. The molecular weight excluding hydrogens is 255 g/mol. The van der Waals surface area contributed by atoms with Gasteiger partial charge >= 0.3 is 5.97 Å². The van der Waals surface area contributed by atoms with E-state index in [2.05, 4.69) is 4.98 Å². The molecule has 0 aliphatic heterocycles. The van der Waals surface area contributed by atoms with E-state index in [1.807, 2.05) is 0 Å². The Morgan fingerprint density at radius 3 is 2.89 bits per heavy atom. The quantitative estimate of drug-likeness (QED) is 0.864. The summed E-state index contributed by atoms with van der Waals surface area (Å²) >= 11 is 1.07. The summed E-state index contributed by atoms with van der Waals surface area (Å²) in [5, 5.41) is 9.14. The van der Waals surface area contributed by atoms with Crippen LogP contribution in [0.1, 0.15) is 5.69 Å². The van der Waals surface area contributed by atoms with Crippen LogP contribution in [0.5, 0.6) is 0 Å². The molecule has 1 aromatic heterocycles. The fourth-order valence-corrected chi connectivity index (χ4v) is 2.27. The van der Waals surface area contributed by atoms with Gasteiger partial charge in [-0.25, -0.2) is 9.37 Å². The van der Waals surface area contributed by atoms with Gasteiger partial charge in [-0.3, -0.25) is 9.36 Å². The molecule has 0 unspecified atom stereocenters. The number of benzene rings is 1. The molecule has 0 radical (unpaired) electrons. The number of aryl methyl sites for hydroxylation is 1. The number of carboxylic acids is 1. The van der Waals surface area contributed by atoms with Crippen LogP contribution in [-0.4, -0.2) is 26.4 Å². The number of rotatable bonds is 4. The summed E-state index contributed by atoms with van der Waals surface area (Å²) in [6.45, 7) is 1.78. The molecule has 0 saturated carbocycles. The highest BCUT2D eigenvalue weighted by molar-refractivity contribution is 7.99. The largest absolute Gasteiger partial charge is 0.481 e. The number of aliphatic carboxylic acids is 1. The van der Waals surface area contributed by atoms with Crippen LogP contribution in [0.3, 0.4) is 0 Å². The molecule has 1 heterocycles. The zero-order valence-electron chi connectivity index (χ0n) is 9.63. The summed E-state index contributed by atoms with van der Waals surface area (Å²) in [5.74, 6) is -1.40. The van der Waals surface area contributed by atoms with Crippen molar-refractivity contribution < 1.29 is 14.3 Å². The maximum absolute atomic E-state index is 13.7. The number of halogens is 1. The summed E-state index contributed by atoms with van der Waals surface area (Å²) in [7, 11) is 0. The lowest BCUT2D eigenvalue weighted by Gasteiger charge is -2.07. The molecule has 0 atom stereocenters. The first-order chi connectivity index (χ1) is 8.58. The smallest absolute Gasteiger partial charge is 0.313 e. The average Bonchev–Trinajstić information content (AvgIpc) is 2.68. The van der Waals surface area contributed by atoms with Crippen molar-refractivity contribution in [2.75, 3.05) is 5.75 Å². The number of carbonyl (C=O) groups is 1. The molecule has 0 aliphatic rings. The highest BCUT2D eigenvalue weighted by Gasteiger charge is 2.12. The van der Waals surface area contributed by atoms with E-state index in [-0.39, 0.29) is 11.6 Å². The third-order valence-corrected chi connectivity index (χ3v) is 3.17. The van der Waals surface area contributed by atoms with E-state index in [1.54, 1.807) is 35.9 Å². The van der Waals surface area contributed by atoms with E-state index in [0.717, 1.165) is 11.8 Å². The van der Waals surface area contributed by atoms with Gasteiger partial charge in [0.25, 0.3) is 0 Å². The molecule has 1 N–H and O–H groups in total. The van der Waals surface area contributed by atoms with Gasteiger partial charge in [0.05, 0.1) is 17.1 Å². The zero-order chi connectivity index (χ0) is 13.1. The lowest BCUT2D eigenvalue weighted by atomic mass is 10.3. The van der Waals surface area contributed by atoms with Gasteiger partial charge in [-0.15, -0.1) is 0 Å². The molecule has 0 amide bonds. The van der Waals surface area contributed by atoms with Gasteiger partial charge in [-0.1, -0.05) is 23.9 Å². The van der Waals surface area contributed by atoms with Crippen LogP contribution in [0.4, 0.5) is 4.39 Å². The molecule has 2 rings (SSSR count). The van der Waals surface area contributed by atoms with Crippen molar-refractivity contribution in [3.05, 3.63) is 42.0 Å². The summed E-state index contributed by atoms with van der Waals surface area (Å²) in [6, 6.07) is 6.31. The number of hydrogen-bond donors (Lipinski definition) is 1. The third kappa shape index (κ3) is 2.70. The molecule has 0 aliphatic carbocycles. The second-order valence-electron chi connectivity index (χ2n) is 3.67. The molecule has 0 bridgehead atoms. The summed E-state index contributed by atoms with van der Waals surface area (Å²) in [4.78, 5) is 14.8. The molecular formula is C12H11FN2O2S. The molecule has 18 heavy (non-hydrogen) atoms. The number of carboxylic acid groups (broad SMARTS) is 1. The first kappa shape index (κ1) is 12.6. The molecule has 1 aromatic carbocycles. The minimum atomic E-state index is -0.930. The zero-order valence-corrected chi connectivity index (χ0v) is 10.4. The number of hydrogen-bond acceptors (Lipinski definition) is 3. The average molecular weight is 266 g/mol. The van der Waals surface area contributed by atoms with Crippen LogP contribution in [0.2, 0.25) is 0 Å². The van der Waals surface area contributed by atoms with Crippen molar-refractivity contribution in [2.24, 2.45) is 0 Å². The van der Waals surface area contributed by atoms with Gasteiger partial charge in [-0.2, -0.15) is 0 Å². The van der Waals surface area contributed by atoms with Gasteiger partial charge in [0.1, 0.15) is 5.82 Å². The van der Waals surface area contributed by atoms with E-state index >= 15 is 0 Å². The van der Waals surface area contributed by atoms with Crippen molar-refractivity contribution in [2.45, 2.75) is 12.1 Å². The van der Waals surface area contributed by atoms with E-state index in [0.29, 0.717) is 16.5 Å². The highest BCUT2D eigenvalue weighted by Crippen LogP contribution is 2.23. The summed E-state index contributed by atoms with van der Waals surface area (Å²) in [5.41, 5.74) is 1.08. The van der Waals surface area contributed by atoms with Gasteiger partial charge in [0.15, 0.2) is 5.16 Å². The number of thioether (sulfide) groups is 1. The Kier molecular flexibility index (Phi) is 3.66. The minimum Gasteiger partial charge on any atom is -0.481 e. The van der Waals surface area contributed by atoms with E-state index < -0.39 is 5.97 Å². The predicted molar refractivity (Wildman–Crippen MR) is 66.6 cm³/mol. The fraction of sp³-hybridized carbons (Fsp3) is 0.167. The second kappa shape index (κ2) is 5.22. The van der Waals surface area contributed by atoms with Crippen molar-refractivity contribution in [3.63, 3.8) is 0 Å². The summed E-state index contributed by atoms with van der Waals surface area (Å²) < 4.78 is 15.3. The van der Waals surface area contributed by atoms with Crippen molar-refractivity contribution in [1.82, 2.24) is 9.55 Å². The first-order valence-electron chi connectivity index (χ1n) is 5.23. The van der Waals surface area contributed by atoms with E-state index in [1.165, 1.54) is 6.07 Å². The van der Waals surface area contributed by atoms with Gasteiger partial charge in [0.2, 0.25) is 0 Å².